The third-order valence-corrected chi connectivity index (χ3v) is 6.87. The Morgan fingerprint density at radius 2 is 1.74 bits per heavy atom. The highest BCUT2D eigenvalue weighted by Gasteiger charge is 2.22. The standard InChI is InChI=1S/C26H27ClN2OS/c1-31-23-11-9-20(10-12-23)21-6-4-5-19(17-21)18-29-15-13-22(14-16-29)28-26(30)24-7-2-3-8-25(24)27/h2-12,17,22H,13-16,18H2,1H3,(H,28,30). The molecule has 0 spiro atoms. The van der Waals surface area contributed by atoms with Crippen LogP contribution in [0.3, 0.4) is 0 Å². The van der Waals surface area contributed by atoms with E-state index in [1.54, 1.807) is 23.9 Å². The van der Waals surface area contributed by atoms with E-state index in [1.807, 2.05) is 12.1 Å². The van der Waals surface area contributed by atoms with Crippen LogP contribution in [-0.2, 0) is 6.54 Å². The largest absolute Gasteiger partial charge is 0.349 e. The lowest BCUT2D eigenvalue weighted by atomic mass is 10.0. The number of likely N-dealkylation sites (tertiary alicyclic amines) is 1. The Labute approximate surface area is 193 Å². The zero-order chi connectivity index (χ0) is 21.6. The van der Waals surface area contributed by atoms with Gasteiger partial charge in [0.1, 0.15) is 0 Å². The van der Waals surface area contributed by atoms with Gasteiger partial charge in [0.05, 0.1) is 10.6 Å². The molecule has 0 bridgehead atoms. The maximum Gasteiger partial charge on any atom is 0.253 e. The van der Waals surface area contributed by atoms with Crippen LogP contribution in [0, 0.1) is 0 Å². The predicted molar refractivity (Wildman–Crippen MR) is 131 cm³/mol. The van der Waals surface area contributed by atoms with E-state index >= 15 is 0 Å². The second kappa shape index (κ2) is 10.4. The van der Waals surface area contributed by atoms with Gasteiger partial charge in [0.15, 0.2) is 0 Å². The van der Waals surface area contributed by atoms with Crippen molar-refractivity contribution in [1.82, 2.24) is 10.2 Å². The average molecular weight is 451 g/mol. The van der Waals surface area contributed by atoms with Crippen molar-refractivity contribution >= 4 is 29.3 Å². The van der Waals surface area contributed by atoms with Gasteiger partial charge in [-0.2, -0.15) is 0 Å². The quantitative estimate of drug-likeness (QED) is 0.459. The predicted octanol–water partition coefficient (Wildman–Crippen LogP) is 6.12. The molecule has 3 aromatic carbocycles. The van der Waals surface area contributed by atoms with Crippen LogP contribution >= 0.6 is 23.4 Å². The van der Waals surface area contributed by atoms with Gasteiger partial charge >= 0.3 is 0 Å². The molecule has 0 saturated carbocycles. The Bertz CT molecular complexity index is 1030. The number of benzene rings is 3. The summed E-state index contributed by atoms with van der Waals surface area (Å²) in [6.07, 6.45) is 4.00. The lowest BCUT2D eigenvalue weighted by Crippen LogP contribution is -2.44. The average Bonchev–Trinajstić information content (AvgIpc) is 2.81. The molecule has 4 rings (SSSR count). The molecule has 3 nitrogen and oxygen atoms in total. The number of halogens is 1. The Hall–Kier alpha value is -2.27. The first kappa shape index (κ1) is 21.9. The minimum Gasteiger partial charge on any atom is -0.349 e. The smallest absolute Gasteiger partial charge is 0.253 e. The van der Waals surface area contributed by atoms with Crippen LogP contribution in [0.2, 0.25) is 5.02 Å². The van der Waals surface area contributed by atoms with Gasteiger partial charge in [-0.3, -0.25) is 9.69 Å². The van der Waals surface area contributed by atoms with E-state index in [0.717, 1.165) is 32.5 Å². The molecular weight excluding hydrogens is 424 g/mol. The number of nitrogens with one attached hydrogen (secondary N) is 1. The van der Waals surface area contributed by atoms with E-state index in [2.05, 4.69) is 65.0 Å². The van der Waals surface area contributed by atoms with Crippen molar-refractivity contribution in [3.63, 3.8) is 0 Å². The minimum absolute atomic E-state index is 0.0794. The van der Waals surface area contributed by atoms with Gasteiger partial charge in [0.2, 0.25) is 0 Å². The lowest BCUT2D eigenvalue weighted by Gasteiger charge is -2.32. The number of piperidine rings is 1. The highest BCUT2D eigenvalue weighted by atomic mass is 35.5. The number of carbonyl (C=O) groups is 1. The van der Waals surface area contributed by atoms with Crippen LogP contribution in [0.15, 0.2) is 77.7 Å². The summed E-state index contributed by atoms with van der Waals surface area (Å²) in [7, 11) is 0. The summed E-state index contributed by atoms with van der Waals surface area (Å²) in [5.74, 6) is -0.0794. The molecule has 0 atom stereocenters. The third kappa shape index (κ3) is 5.70. The number of amides is 1. The first-order valence-electron chi connectivity index (χ1n) is 10.6. The van der Waals surface area contributed by atoms with Gasteiger partial charge in [0, 0.05) is 30.6 Å². The molecule has 0 aromatic heterocycles. The normalized spacial score (nSPS) is 15.0. The summed E-state index contributed by atoms with van der Waals surface area (Å²) in [5.41, 5.74) is 4.38. The Morgan fingerprint density at radius 3 is 2.45 bits per heavy atom. The number of hydrogen-bond acceptors (Lipinski definition) is 3. The fraction of sp³-hybridized carbons (Fsp3) is 0.269. The van der Waals surface area contributed by atoms with Crippen molar-refractivity contribution in [2.45, 2.75) is 30.3 Å². The molecular formula is C26H27ClN2OS. The van der Waals surface area contributed by atoms with Gasteiger partial charge in [-0.1, -0.05) is 54.1 Å². The molecule has 0 aliphatic carbocycles. The van der Waals surface area contributed by atoms with Crippen LogP contribution in [-0.4, -0.2) is 36.2 Å². The van der Waals surface area contributed by atoms with Gasteiger partial charge in [0.25, 0.3) is 5.91 Å². The second-order valence-corrected chi connectivity index (χ2v) is 9.22. The number of thioether (sulfide) groups is 1. The van der Waals surface area contributed by atoms with Crippen LogP contribution in [0.1, 0.15) is 28.8 Å². The summed E-state index contributed by atoms with van der Waals surface area (Å²) in [5, 5.41) is 3.65. The van der Waals surface area contributed by atoms with Crippen molar-refractivity contribution in [2.75, 3.05) is 19.3 Å². The van der Waals surface area contributed by atoms with Gasteiger partial charge < -0.3 is 5.32 Å². The van der Waals surface area contributed by atoms with Crippen molar-refractivity contribution < 1.29 is 4.79 Å². The molecule has 1 amide bonds. The van der Waals surface area contributed by atoms with Crippen molar-refractivity contribution in [3.05, 3.63) is 88.9 Å². The minimum atomic E-state index is -0.0794. The summed E-state index contributed by atoms with van der Waals surface area (Å²) in [6, 6.07) is 24.9. The van der Waals surface area contributed by atoms with Crippen molar-refractivity contribution in [2.24, 2.45) is 0 Å². The van der Waals surface area contributed by atoms with Gasteiger partial charge in [-0.25, -0.2) is 0 Å². The molecule has 1 aliphatic heterocycles. The first-order valence-corrected chi connectivity index (χ1v) is 12.2. The molecule has 3 aromatic rings. The molecule has 160 valence electrons. The Balaban J connectivity index is 1.32. The van der Waals surface area contributed by atoms with E-state index in [-0.39, 0.29) is 11.9 Å². The van der Waals surface area contributed by atoms with E-state index < -0.39 is 0 Å². The van der Waals surface area contributed by atoms with Crippen LogP contribution in [0.25, 0.3) is 11.1 Å². The van der Waals surface area contributed by atoms with Gasteiger partial charge in [-0.15, -0.1) is 11.8 Å². The maximum absolute atomic E-state index is 12.5. The monoisotopic (exact) mass is 450 g/mol. The maximum atomic E-state index is 12.5. The van der Waals surface area contributed by atoms with Crippen molar-refractivity contribution in [3.8, 4) is 11.1 Å². The topological polar surface area (TPSA) is 32.3 Å². The third-order valence-electron chi connectivity index (χ3n) is 5.80. The van der Waals surface area contributed by atoms with E-state index in [4.69, 9.17) is 11.6 Å². The summed E-state index contributed by atoms with van der Waals surface area (Å²) >= 11 is 7.91. The fourth-order valence-electron chi connectivity index (χ4n) is 4.03. The summed E-state index contributed by atoms with van der Waals surface area (Å²) < 4.78 is 0. The summed E-state index contributed by atoms with van der Waals surface area (Å²) in [4.78, 5) is 16.3. The highest BCUT2D eigenvalue weighted by Crippen LogP contribution is 2.25. The molecule has 1 N–H and O–H groups in total. The second-order valence-electron chi connectivity index (χ2n) is 7.93. The van der Waals surface area contributed by atoms with Gasteiger partial charge in [-0.05, 0) is 66.1 Å². The Morgan fingerprint density at radius 1 is 1.00 bits per heavy atom. The summed E-state index contributed by atoms with van der Waals surface area (Å²) in [6.45, 7) is 2.88. The number of rotatable bonds is 6. The molecule has 0 radical (unpaired) electrons. The SMILES string of the molecule is CSc1ccc(-c2cccc(CN3CCC(NC(=O)c4ccccc4Cl)CC3)c2)cc1. The van der Waals surface area contributed by atoms with Crippen LogP contribution in [0.4, 0.5) is 0 Å². The molecule has 31 heavy (non-hydrogen) atoms. The van der Waals surface area contributed by atoms with E-state index in [0.29, 0.717) is 10.6 Å². The highest BCUT2D eigenvalue weighted by molar-refractivity contribution is 7.98. The molecule has 0 unspecified atom stereocenters. The zero-order valence-electron chi connectivity index (χ0n) is 17.7. The molecule has 1 aliphatic rings. The molecule has 1 heterocycles. The first-order chi connectivity index (χ1) is 15.1. The number of hydrogen-bond donors (Lipinski definition) is 1. The zero-order valence-corrected chi connectivity index (χ0v) is 19.3. The number of carbonyl (C=O) groups excluding carboxylic acids is 1. The Kier molecular flexibility index (Phi) is 7.33. The molecule has 1 saturated heterocycles. The fourth-order valence-corrected chi connectivity index (χ4v) is 4.66. The van der Waals surface area contributed by atoms with E-state index in [1.165, 1.54) is 21.6 Å². The van der Waals surface area contributed by atoms with Crippen molar-refractivity contribution in [1.29, 1.82) is 0 Å². The molecule has 5 heteroatoms. The molecule has 1 fully saturated rings. The van der Waals surface area contributed by atoms with E-state index in [9.17, 15) is 4.79 Å². The van der Waals surface area contributed by atoms with Crippen LogP contribution in [0.5, 0.6) is 0 Å². The van der Waals surface area contributed by atoms with Crippen LogP contribution < -0.4 is 5.32 Å². The number of nitrogens with zero attached hydrogens (tertiary/aromatic N) is 1. The lowest BCUT2D eigenvalue weighted by molar-refractivity contribution is 0.0909.